The van der Waals surface area contributed by atoms with E-state index in [0.717, 1.165) is 6.20 Å². The van der Waals surface area contributed by atoms with Crippen LogP contribution in [0.4, 0.5) is 0 Å². The summed E-state index contributed by atoms with van der Waals surface area (Å²) in [4.78, 5) is 11.7. The number of benzene rings is 1. The highest BCUT2D eigenvalue weighted by atomic mass is 32.2. The van der Waals surface area contributed by atoms with Gasteiger partial charge in [0.15, 0.2) is 4.91 Å². The van der Waals surface area contributed by atoms with Gasteiger partial charge in [-0.25, -0.2) is 13.2 Å². The van der Waals surface area contributed by atoms with E-state index in [2.05, 4.69) is 0 Å². The zero-order valence-electron chi connectivity index (χ0n) is 9.49. The highest BCUT2D eigenvalue weighted by Gasteiger charge is 2.26. The SMILES string of the molecule is CN(C)C=C(C(=O)O)S(=O)(=O)c1ccccc1. The van der Waals surface area contributed by atoms with Crippen molar-refractivity contribution in [2.45, 2.75) is 4.90 Å². The first kappa shape index (κ1) is 13.2. The summed E-state index contributed by atoms with van der Waals surface area (Å²) in [5.74, 6) is -1.47. The van der Waals surface area contributed by atoms with Crippen LogP contribution in [0.1, 0.15) is 0 Å². The zero-order valence-corrected chi connectivity index (χ0v) is 10.3. The first-order chi connectivity index (χ1) is 7.85. The molecule has 0 saturated carbocycles. The Balaban J connectivity index is 3.34. The van der Waals surface area contributed by atoms with Gasteiger partial charge < -0.3 is 10.0 Å². The first-order valence-electron chi connectivity index (χ1n) is 4.77. The minimum atomic E-state index is -3.98. The van der Waals surface area contributed by atoms with Crippen molar-refractivity contribution in [3.05, 3.63) is 41.4 Å². The molecule has 17 heavy (non-hydrogen) atoms. The van der Waals surface area contributed by atoms with Gasteiger partial charge in [-0.3, -0.25) is 0 Å². The molecule has 0 heterocycles. The van der Waals surface area contributed by atoms with Crippen LogP contribution in [-0.2, 0) is 14.6 Å². The third-order valence-electron chi connectivity index (χ3n) is 1.93. The van der Waals surface area contributed by atoms with Gasteiger partial charge in [0.2, 0.25) is 9.84 Å². The summed E-state index contributed by atoms with van der Waals surface area (Å²) in [5, 5.41) is 8.94. The maximum atomic E-state index is 12.0. The lowest BCUT2D eigenvalue weighted by molar-refractivity contribution is -0.131. The fourth-order valence-corrected chi connectivity index (χ4v) is 2.55. The Bertz CT molecular complexity index is 532. The van der Waals surface area contributed by atoms with E-state index < -0.39 is 20.7 Å². The van der Waals surface area contributed by atoms with Gasteiger partial charge in [0.25, 0.3) is 0 Å². The van der Waals surface area contributed by atoms with E-state index in [1.54, 1.807) is 32.3 Å². The molecule has 0 radical (unpaired) electrons. The van der Waals surface area contributed by atoms with Crippen molar-refractivity contribution < 1.29 is 18.3 Å². The second kappa shape index (κ2) is 5.01. The molecule has 0 aliphatic rings. The highest BCUT2D eigenvalue weighted by molar-refractivity contribution is 7.96. The molecule has 0 unspecified atom stereocenters. The molecule has 0 spiro atoms. The van der Waals surface area contributed by atoms with E-state index in [1.165, 1.54) is 17.0 Å². The summed E-state index contributed by atoms with van der Waals surface area (Å²) in [7, 11) is -0.858. The number of aliphatic carboxylic acids is 1. The van der Waals surface area contributed by atoms with Gasteiger partial charge in [0.1, 0.15) is 0 Å². The molecular weight excluding hydrogens is 242 g/mol. The molecule has 6 heteroatoms. The number of hydrogen-bond acceptors (Lipinski definition) is 4. The smallest absolute Gasteiger partial charge is 0.349 e. The molecule has 5 nitrogen and oxygen atoms in total. The molecule has 0 aliphatic heterocycles. The molecule has 92 valence electrons. The van der Waals surface area contributed by atoms with Crippen LogP contribution in [0.2, 0.25) is 0 Å². The quantitative estimate of drug-likeness (QED) is 0.811. The van der Waals surface area contributed by atoms with E-state index in [1.807, 2.05) is 0 Å². The van der Waals surface area contributed by atoms with Crippen molar-refractivity contribution in [3.63, 3.8) is 0 Å². The van der Waals surface area contributed by atoms with E-state index in [9.17, 15) is 13.2 Å². The van der Waals surface area contributed by atoms with Crippen molar-refractivity contribution in [1.82, 2.24) is 4.90 Å². The van der Waals surface area contributed by atoms with E-state index >= 15 is 0 Å². The zero-order chi connectivity index (χ0) is 13.1. The third-order valence-corrected chi connectivity index (χ3v) is 3.68. The number of carboxylic acid groups (broad SMARTS) is 1. The standard InChI is InChI=1S/C11H13NO4S/c1-12(2)8-10(11(13)14)17(15,16)9-6-4-3-5-7-9/h3-8H,1-2H3,(H,13,14). The lowest BCUT2D eigenvalue weighted by Crippen LogP contribution is -2.17. The molecule has 0 atom stereocenters. The molecule has 1 aromatic rings. The van der Waals surface area contributed by atoms with Crippen LogP contribution in [0, 0.1) is 0 Å². The topological polar surface area (TPSA) is 74.7 Å². The summed E-state index contributed by atoms with van der Waals surface area (Å²) < 4.78 is 24.1. The third kappa shape index (κ3) is 3.07. The molecule has 0 amide bonds. The Morgan fingerprint density at radius 3 is 2.18 bits per heavy atom. The van der Waals surface area contributed by atoms with Crippen LogP contribution in [-0.4, -0.2) is 38.5 Å². The predicted octanol–water partition coefficient (Wildman–Crippen LogP) is 0.948. The molecular formula is C11H13NO4S. The second-order valence-electron chi connectivity index (χ2n) is 3.58. The first-order valence-corrected chi connectivity index (χ1v) is 6.25. The second-order valence-corrected chi connectivity index (χ2v) is 5.50. The van der Waals surface area contributed by atoms with Crippen molar-refractivity contribution in [2.75, 3.05) is 14.1 Å². The van der Waals surface area contributed by atoms with Crippen LogP contribution in [0.15, 0.2) is 46.3 Å². The number of carboxylic acids is 1. The lowest BCUT2D eigenvalue weighted by atomic mass is 10.4. The average Bonchev–Trinajstić information content (AvgIpc) is 2.26. The van der Waals surface area contributed by atoms with Gasteiger partial charge in [-0.2, -0.15) is 0 Å². The van der Waals surface area contributed by atoms with Crippen LogP contribution >= 0.6 is 0 Å². The molecule has 0 saturated heterocycles. The van der Waals surface area contributed by atoms with E-state index in [4.69, 9.17) is 5.11 Å². The van der Waals surface area contributed by atoms with Crippen molar-refractivity contribution in [3.8, 4) is 0 Å². The maximum Gasteiger partial charge on any atom is 0.349 e. The molecule has 1 N–H and O–H groups in total. The van der Waals surface area contributed by atoms with Gasteiger partial charge in [-0.1, -0.05) is 18.2 Å². The summed E-state index contributed by atoms with van der Waals surface area (Å²) in [6.07, 6.45) is 1.07. The van der Waals surface area contributed by atoms with Crippen molar-refractivity contribution in [1.29, 1.82) is 0 Å². The summed E-state index contributed by atoms with van der Waals surface area (Å²) in [6.45, 7) is 0. The molecule has 0 aliphatic carbocycles. The Kier molecular flexibility index (Phi) is 3.90. The Morgan fingerprint density at radius 1 is 1.24 bits per heavy atom. The largest absolute Gasteiger partial charge is 0.477 e. The Hall–Kier alpha value is -1.82. The monoisotopic (exact) mass is 255 g/mol. The fourth-order valence-electron chi connectivity index (χ4n) is 1.20. The predicted molar refractivity (Wildman–Crippen MR) is 63.0 cm³/mol. The van der Waals surface area contributed by atoms with Gasteiger partial charge in [0, 0.05) is 20.3 Å². The minimum Gasteiger partial charge on any atom is -0.477 e. The molecule has 0 aromatic heterocycles. The van der Waals surface area contributed by atoms with Crippen LogP contribution in [0.25, 0.3) is 0 Å². The molecule has 0 bridgehead atoms. The Morgan fingerprint density at radius 2 is 1.76 bits per heavy atom. The van der Waals surface area contributed by atoms with Crippen LogP contribution < -0.4 is 0 Å². The average molecular weight is 255 g/mol. The highest BCUT2D eigenvalue weighted by Crippen LogP contribution is 2.19. The normalized spacial score (nSPS) is 12.2. The number of hydrogen-bond donors (Lipinski definition) is 1. The molecule has 0 fully saturated rings. The van der Waals surface area contributed by atoms with Gasteiger partial charge in [-0.15, -0.1) is 0 Å². The Labute approximate surface area is 99.9 Å². The van der Waals surface area contributed by atoms with Gasteiger partial charge >= 0.3 is 5.97 Å². The number of carbonyl (C=O) groups is 1. The van der Waals surface area contributed by atoms with Crippen molar-refractivity contribution >= 4 is 15.8 Å². The summed E-state index contributed by atoms with van der Waals surface area (Å²) in [6, 6.07) is 7.47. The van der Waals surface area contributed by atoms with Gasteiger partial charge in [0.05, 0.1) is 4.90 Å². The van der Waals surface area contributed by atoms with Crippen LogP contribution in [0.3, 0.4) is 0 Å². The molecule has 1 rings (SSSR count). The van der Waals surface area contributed by atoms with E-state index in [-0.39, 0.29) is 4.90 Å². The summed E-state index contributed by atoms with van der Waals surface area (Å²) >= 11 is 0. The number of sulfone groups is 1. The van der Waals surface area contributed by atoms with Gasteiger partial charge in [-0.05, 0) is 12.1 Å². The fraction of sp³-hybridized carbons (Fsp3) is 0.182. The summed E-state index contributed by atoms with van der Waals surface area (Å²) in [5.41, 5.74) is 0. The van der Waals surface area contributed by atoms with Crippen molar-refractivity contribution in [2.24, 2.45) is 0 Å². The molecule has 1 aromatic carbocycles. The van der Waals surface area contributed by atoms with E-state index in [0.29, 0.717) is 0 Å². The van der Waals surface area contributed by atoms with Crippen LogP contribution in [0.5, 0.6) is 0 Å². The number of nitrogens with zero attached hydrogens (tertiary/aromatic N) is 1. The lowest BCUT2D eigenvalue weighted by Gasteiger charge is -2.09. The maximum absolute atomic E-state index is 12.0. The minimum absolute atomic E-state index is 0.0319. The number of rotatable bonds is 4.